The lowest BCUT2D eigenvalue weighted by Crippen LogP contribution is -2.42. The number of hydrogen-bond donors (Lipinski definition) is 0. The second-order valence-corrected chi connectivity index (χ2v) is 12.0. The molecule has 0 N–H and O–H groups in total. The molecule has 1 aliphatic rings. The van der Waals surface area contributed by atoms with Crippen LogP contribution in [0.4, 0.5) is 0 Å². The van der Waals surface area contributed by atoms with Gasteiger partial charge in [0.2, 0.25) is 5.91 Å². The number of hydrogen-bond acceptors (Lipinski definition) is 4. The van der Waals surface area contributed by atoms with E-state index >= 15 is 0 Å². The van der Waals surface area contributed by atoms with Crippen LogP contribution in [0.15, 0.2) is 34.2 Å². The van der Waals surface area contributed by atoms with Gasteiger partial charge in [0.05, 0.1) is 5.25 Å². The number of amides is 1. The van der Waals surface area contributed by atoms with Crippen molar-refractivity contribution in [2.24, 2.45) is 13.0 Å². The third-order valence-electron chi connectivity index (χ3n) is 6.92. The lowest BCUT2D eigenvalue weighted by molar-refractivity contribution is -0.132. The van der Waals surface area contributed by atoms with Crippen molar-refractivity contribution >= 4 is 17.7 Å². The van der Waals surface area contributed by atoms with Gasteiger partial charge in [-0.2, -0.15) is 0 Å². The molecule has 1 aromatic heterocycles. The van der Waals surface area contributed by atoms with Gasteiger partial charge in [-0.1, -0.05) is 77.1 Å². The maximum atomic E-state index is 13.3. The Kier molecular flexibility index (Phi) is 8.66. The van der Waals surface area contributed by atoms with Crippen LogP contribution in [0.5, 0.6) is 0 Å². The van der Waals surface area contributed by atoms with Crippen molar-refractivity contribution in [3.63, 3.8) is 0 Å². The van der Waals surface area contributed by atoms with E-state index < -0.39 is 0 Å². The Morgan fingerprint density at radius 1 is 1.18 bits per heavy atom. The van der Waals surface area contributed by atoms with E-state index in [-0.39, 0.29) is 22.1 Å². The normalized spacial score (nSPS) is 16.0. The zero-order chi connectivity index (χ0) is 25.0. The largest absolute Gasteiger partial charge is 0.342 e. The standard InChI is InChI=1S/C28H41N3O2S/c1-8-9-24(26(33)31-16-14-19(2)15-17-31)34-27-29-20(3)23(25(32)30(27)7)18-21-10-12-22(13-11-21)28(4,5)6/h10-13,19,24H,8-9,14-18H2,1-7H3. The Morgan fingerprint density at radius 2 is 1.79 bits per heavy atom. The highest BCUT2D eigenvalue weighted by Crippen LogP contribution is 2.28. The molecule has 0 saturated carbocycles. The molecule has 1 saturated heterocycles. The highest BCUT2D eigenvalue weighted by atomic mass is 32.2. The van der Waals surface area contributed by atoms with Gasteiger partial charge >= 0.3 is 0 Å². The van der Waals surface area contributed by atoms with E-state index in [1.165, 1.54) is 17.3 Å². The average Bonchev–Trinajstić information content (AvgIpc) is 2.79. The predicted molar refractivity (Wildman–Crippen MR) is 142 cm³/mol. The van der Waals surface area contributed by atoms with Crippen LogP contribution in [0.25, 0.3) is 0 Å². The first-order valence-electron chi connectivity index (χ1n) is 12.6. The van der Waals surface area contributed by atoms with E-state index in [0.29, 0.717) is 17.5 Å². The predicted octanol–water partition coefficient (Wildman–Crippen LogP) is 5.50. The van der Waals surface area contributed by atoms with E-state index in [0.717, 1.165) is 55.6 Å². The van der Waals surface area contributed by atoms with Gasteiger partial charge in [-0.3, -0.25) is 14.2 Å². The molecule has 0 spiro atoms. The van der Waals surface area contributed by atoms with E-state index in [9.17, 15) is 9.59 Å². The van der Waals surface area contributed by atoms with Crippen LogP contribution >= 0.6 is 11.8 Å². The van der Waals surface area contributed by atoms with Gasteiger partial charge in [-0.25, -0.2) is 4.98 Å². The highest BCUT2D eigenvalue weighted by molar-refractivity contribution is 8.00. The molecule has 1 amide bonds. The molecular weight excluding hydrogens is 442 g/mol. The Labute approximate surface area is 209 Å². The lowest BCUT2D eigenvalue weighted by atomic mass is 9.86. The number of nitrogens with zero attached hydrogens (tertiary/aromatic N) is 3. The Balaban J connectivity index is 1.80. The summed E-state index contributed by atoms with van der Waals surface area (Å²) in [5.74, 6) is 0.873. The SMILES string of the molecule is CCCC(Sc1nc(C)c(Cc2ccc(C(C)(C)C)cc2)c(=O)n1C)C(=O)N1CCC(C)CC1. The van der Waals surface area contributed by atoms with E-state index in [1.807, 2.05) is 11.8 Å². The van der Waals surface area contributed by atoms with Gasteiger partial charge in [-0.05, 0) is 48.6 Å². The monoisotopic (exact) mass is 483 g/mol. The van der Waals surface area contributed by atoms with Crippen molar-refractivity contribution < 1.29 is 4.79 Å². The van der Waals surface area contributed by atoms with Gasteiger partial charge in [0, 0.05) is 37.8 Å². The van der Waals surface area contributed by atoms with Crippen LogP contribution in [0, 0.1) is 12.8 Å². The molecule has 0 radical (unpaired) electrons. The Hall–Kier alpha value is -2.08. The van der Waals surface area contributed by atoms with Gasteiger partial charge in [0.15, 0.2) is 5.16 Å². The number of aryl methyl sites for hydroxylation is 1. The third kappa shape index (κ3) is 6.32. The number of rotatable bonds is 7. The molecule has 2 aromatic rings. The molecule has 1 atom stereocenters. The van der Waals surface area contributed by atoms with Crippen molar-refractivity contribution in [3.8, 4) is 0 Å². The third-order valence-corrected chi connectivity index (χ3v) is 8.22. The van der Waals surface area contributed by atoms with Gasteiger partial charge in [0.1, 0.15) is 0 Å². The molecule has 5 nitrogen and oxygen atoms in total. The topological polar surface area (TPSA) is 55.2 Å². The molecule has 34 heavy (non-hydrogen) atoms. The fraction of sp³-hybridized carbons (Fsp3) is 0.607. The minimum Gasteiger partial charge on any atom is -0.342 e. The summed E-state index contributed by atoms with van der Waals surface area (Å²) in [6.07, 6.45) is 4.40. The van der Waals surface area contributed by atoms with Crippen molar-refractivity contribution in [2.45, 2.75) is 89.5 Å². The summed E-state index contributed by atoms with van der Waals surface area (Å²) in [5.41, 5.74) is 3.93. The summed E-state index contributed by atoms with van der Waals surface area (Å²) in [5, 5.41) is 0.429. The molecule has 3 rings (SSSR count). The molecule has 1 unspecified atom stereocenters. The van der Waals surface area contributed by atoms with Crippen molar-refractivity contribution in [1.82, 2.24) is 14.5 Å². The molecule has 2 heterocycles. The van der Waals surface area contributed by atoms with Gasteiger partial charge < -0.3 is 4.90 Å². The van der Waals surface area contributed by atoms with Crippen LogP contribution < -0.4 is 5.56 Å². The Morgan fingerprint density at radius 3 is 2.35 bits per heavy atom. The minimum atomic E-state index is -0.202. The zero-order valence-electron chi connectivity index (χ0n) is 22.0. The number of likely N-dealkylation sites (tertiary alicyclic amines) is 1. The first kappa shape index (κ1) is 26.5. The highest BCUT2D eigenvalue weighted by Gasteiger charge is 2.29. The summed E-state index contributed by atoms with van der Waals surface area (Å²) in [7, 11) is 1.78. The molecular formula is C28H41N3O2S. The van der Waals surface area contributed by atoms with Crippen LogP contribution in [0.1, 0.15) is 82.7 Å². The van der Waals surface area contributed by atoms with E-state index in [2.05, 4.69) is 58.9 Å². The fourth-order valence-electron chi connectivity index (χ4n) is 4.42. The number of thioether (sulfide) groups is 1. The number of carbonyl (C=O) groups excluding carboxylic acids is 1. The maximum Gasteiger partial charge on any atom is 0.257 e. The summed E-state index contributed by atoms with van der Waals surface area (Å²) in [6.45, 7) is 14.5. The van der Waals surface area contributed by atoms with Gasteiger partial charge in [0.25, 0.3) is 5.56 Å². The van der Waals surface area contributed by atoms with E-state index in [1.54, 1.807) is 11.6 Å². The zero-order valence-corrected chi connectivity index (χ0v) is 22.8. The summed E-state index contributed by atoms with van der Waals surface area (Å²) >= 11 is 1.45. The molecule has 6 heteroatoms. The van der Waals surface area contributed by atoms with Crippen LogP contribution in [0.3, 0.4) is 0 Å². The quantitative estimate of drug-likeness (QED) is 0.386. The number of carbonyl (C=O) groups is 1. The summed E-state index contributed by atoms with van der Waals surface area (Å²) in [4.78, 5) is 33.4. The fourth-order valence-corrected chi connectivity index (χ4v) is 5.71. The van der Waals surface area contributed by atoms with Crippen molar-refractivity contribution in [3.05, 3.63) is 57.0 Å². The molecule has 186 valence electrons. The second kappa shape index (κ2) is 11.1. The molecule has 1 aromatic carbocycles. The van der Waals surface area contributed by atoms with Crippen LogP contribution in [0.2, 0.25) is 0 Å². The van der Waals surface area contributed by atoms with Gasteiger partial charge in [-0.15, -0.1) is 0 Å². The number of benzene rings is 1. The molecule has 0 bridgehead atoms. The molecule has 1 fully saturated rings. The number of aromatic nitrogens is 2. The molecule has 0 aliphatic carbocycles. The maximum absolute atomic E-state index is 13.3. The van der Waals surface area contributed by atoms with Crippen LogP contribution in [-0.2, 0) is 23.7 Å². The number of piperidine rings is 1. The second-order valence-electron chi connectivity index (χ2n) is 10.8. The average molecular weight is 484 g/mol. The Bertz CT molecular complexity index is 1050. The summed E-state index contributed by atoms with van der Waals surface area (Å²) in [6, 6.07) is 8.51. The summed E-state index contributed by atoms with van der Waals surface area (Å²) < 4.78 is 1.63. The van der Waals surface area contributed by atoms with Crippen molar-refractivity contribution in [1.29, 1.82) is 0 Å². The lowest BCUT2D eigenvalue weighted by Gasteiger charge is -2.33. The minimum absolute atomic E-state index is 0.0237. The molecule has 1 aliphatic heterocycles. The van der Waals surface area contributed by atoms with Crippen molar-refractivity contribution in [2.75, 3.05) is 13.1 Å². The smallest absolute Gasteiger partial charge is 0.257 e. The first-order chi connectivity index (χ1) is 16.0. The first-order valence-corrected chi connectivity index (χ1v) is 13.5. The van der Waals surface area contributed by atoms with Crippen LogP contribution in [-0.4, -0.2) is 38.7 Å². The van der Waals surface area contributed by atoms with E-state index in [4.69, 9.17) is 4.98 Å².